The molecule has 0 saturated heterocycles. The maximum atomic E-state index is 13.8. The molecule has 142 valence electrons. The van der Waals surface area contributed by atoms with Gasteiger partial charge in [0.15, 0.2) is 10.9 Å². The first kappa shape index (κ1) is 19.5. The summed E-state index contributed by atoms with van der Waals surface area (Å²) < 4.78 is 18.3. The monoisotopic (exact) mass is 450 g/mol. The summed E-state index contributed by atoms with van der Waals surface area (Å²) in [5.74, 6) is 0.377. The number of hydrogen-bond acceptors (Lipinski definition) is 3. The second kappa shape index (κ2) is 8.62. The van der Waals surface area contributed by atoms with Crippen molar-refractivity contribution in [3.8, 4) is 0 Å². The summed E-state index contributed by atoms with van der Waals surface area (Å²) in [6.07, 6.45) is 3.58. The molecule has 6 nitrogen and oxygen atoms in total. The maximum absolute atomic E-state index is 13.8. The van der Waals surface area contributed by atoms with Gasteiger partial charge in [-0.05, 0) is 41.1 Å². The Kier molecular flexibility index (Phi) is 6.22. The molecule has 2 aromatic heterocycles. The fourth-order valence-electron chi connectivity index (χ4n) is 2.64. The zero-order valence-corrected chi connectivity index (χ0v) is 17.5. The lowest BCUT2D eigenvalue weighted by Gasteiger charge is -2.21. The van der Waals surface area contributed by atoms with Crippen molar-refractivity contribution in [2.75, 3.05) is 12.4 Å². The van der Waals surface area contributed by atoms with Gasteiger partial charge in [0.1, 0.15) is 5.82 Å². The van der Waals surface area contributed by atoms with Crippen molar-refractivity contribution in [3.05, 3.63) is 64.3 Å². The molecule has 3 rings (SSSR count). The molecule has 3 aromatic rings. The van der Waals surface area contributed by atoms with Crippen LogP contribution in [0.25, 0.3) is 0 Å². The molecule has 0 atom stereocenters. The third-order valence-electron chi connectivity index (χ3n) is 4.10. The van der Waals surface area contributed by atoms with Crippen molar-refractivity contribution < 1.29 is 4.39 Å². The Hall–Kier alpha value is -2.26. The summed E-state index contributed by atoms with van der Waals surface area (Å²) >= 11 is 9.00. The predicted molar refractivity (Wildman–Crippen MR) is 111 cm³/mol. The first-order valence-electron chi connectivity index (χ1n) is 8.47. The van der Waals surface area contributed by atoms with Crippen LogP contribution in [0.3, 0.4) is 0 Å². The minimum Gasteiger partial charge on any atom is -0.346 e. The van der Waals surface area contributed by atoms with Crippen LogP contribution >= 0.6 is 28.1 Å². The number of nitrogens with one attached hydrogen (secondary N) is 1. The summed E-state index contributed by atoms with van der Waals surface area (Å²) in [4.78, 5) is 1.92. The highest BCUT2D eigenvalue weighted by atomic mass is 79.9. The number of benzene rings is 1. The van der Waals surface area contributed by atoms with Crippen LogP contribution in [0.2, 0.25) is 0 Å². The normalized spacial score (nSPS) is 10.8. The van der Waals surface area contributed by atoms with Crippen molar-refractivity contribution >= 4 is 39.1 Å². The Balaban J connectivity index is 1.62. The molecule has 0 bridgehead atoms. The molecule has 0 unspecified atom stereocenters. The van der Waals surface area contributed by atoms with Gasteiger partial charge in [-0.1, -0.05) is 18.2 Å². The Bertz CT molecular complexity index is 938. The molecule has 0 aliphatic carbocycles. The van der Waals surface area contributed by atoms with Crippen molar-refractivity contribution in [1.82, 2.24) is 24.5 Å². The van der Waals surface area contributed by atoms with Crippen LogP contribution < -0.4 is 5.32 Å². The molecule has 0 aliphatic rings. The minimum atomic E-state index is -0.240. The van der Waals surface area contributed by atoms with Crippen LogP contribution in [0.5, 0.6) is 0 Å². The van der Waals surface area contributed by atoms with E-state index in [-0.39, 0.29) is 5.82 Å². The van der Waals surface area contributed by atoms with Gasteiger partial charge >= 0.3 is 0 Å². The number of aryl methyl sites for hydroxylation is 1. The number of halogens is 2. The highest BCUT2D eigenvalue weighted by Gasteiger charge is 2.13. The number of rotatable bonds is 6. The lowest BCUT2D eigenvalue weighted by molar-refractivity contribution is 0.470. The van der Waals surface area contributed by atoms with Gasteiger partial charge in [-0.15, -0.1) is 0 Å². The van der Waals surface area contributed by atoms with Gasteiger partial charge in [-0.3, -0.25) is 9.36 Å². The first-order chi connectivity index (χ1) is 13.0. The second-order valence-electron chi connectivity index (χ2n) is 6.03. The van der Waals surface area contributed by atoms with Crippen LogP contribution in [-0.2, 0) is 19.6 Å². The smallest absolute Gasteiger partial charge is 0.174 e. The van der Waals surface area contributed by atoms with E-state index in [2.05, 4.69) is 31.4 Å². The number of hydrogen-bond donors (Lipinski definition) is 1. The lowest BCUT2D eigenvalue weighted by atomic mass is 10.2. The molecule has 0 fully saturated rings. The average molecular weight is 451 g/mol. The van der Waals surface area contributed by atoms with Crippen molar-refractivity contribution in [1.29, 1.82) is 0 Å². The Morgan fingerprint density at radius 3 is 2.85 bits per heavy atom. The topological polar surface area (TPSA) is 50.9 Å². The molecule has 0 radical (unpaired) electrons. The summed E-state index contributed by atoms with van der Waals surface area (Å²) in [5, 5.41) is 12.4. The summed E-state index contributed by atoms with van der Waals surface area (Å²) in [7, 11) is 1.91. The van der Waals surface area contributed by atoms with Gasteiger partial charge in [0.25, 0.3) is 0 Å². The molecule has 1 aromatic carbocycles. The van der Waals surface area contributed by atoms with E-state index < -0.39 is 0 Å². The van der Waals surface area contributed by atoms with Crippen LogP contribution in [0.4, 0.5) is 10.2 Å². The molecular weight excluding hydrogens is 431 g/mol. The predicted octanol–water partition coefficient (Wildman–Crippen LogP) is 3.88. The van der Waals surface area contributed by atoms with Crippen molar-refractivity contribution in [2.45, 2.75) is 26.6 Å². The molecule has 0 saturated carbocycles. The third-order valence-corrected chi connectivity index (χ3v) is 5.17. The molecule has 9 heteroatoms. The van der Waals surface area contributed by atoms with E-state index in [0.717, 1.165) is 16.7 Å². The standard InChI is InChI=1S/C18H20BrFN6S/c1-3-26-16(14(19)10-21-26)12-24(2)18(27)22-17-8-9-25(23-17)11-13-6-4-5-7-15(13)20/h4-10H,3,11-12H2,1-2H3,(H,22,23,27). The van der Waals surface area contributed by atoms with Gasteiger partial charge in [-0.2, -0.15) is 10.2 Å². The summed E-state index contributed by atoms with van der Waals surface area (Å²) in [6.45, 7) is 3.80. The Labute approximate surface area is 171 Å². The number of aromatic nitrogens is 4. The highest BCUT2D eigenvalue weighted by Crippen LogP contribution is 2.18. The van der Waals surface area contributed by atoms with E-state index in [4.69, 9.17) is 12.2 Å². The van der Waals surface area contributed by atoms with E-state index in [9.17, 15) is 4.39 Å². The fraction of sp³-hybridized carbons (Fsp3) is 0.278. The largest absolute Gasteiger partial charge is 0.346 e. The Morgan fingerprint density at radius 1 is 1.33 bits per heavy atom. The van der Waals surface area contributed by atoms with E-state index in [0.29, 0.717) is 29.6 Å². The van der Waals surface area contributed by atoms with Crippen LogP contribution in [0.15, 0.2) is 47.2 Å². The number of anilines is 1. The van der Waals surface area contributed by atoms with E-state index in [1.54, 1.807) is 29.2 Å². The van der Waals surface area contributed by atoms with Crippen LogP contribution in [-0.4, -0.2) is 36.6 Å². The van der Waals surface area contributed by atoms with Gasteiger partial charge in [0.05, 0.1) is 29.5 Å². The van der Waals surface area contributed by atoms with Crippen molar-refractivity contribution in [3.63, 3.8) is 0 Å². The number of nitrogens with zero attached hydrogens (tertiary/aromatic N) is 5. The second-order valence-corrected chi connectivity index (χ2v) is 7.27. The molecule has 0 spiro atoms. The SMILES string of the molecule is CCn1ncc(Br)c1CN(C)C(=S)Nc1ccn(Cc2ccccc2F)n1. The fourth-order valence-corrected chi connectivity index (χ4v) is 3.23. The number of thiocarbonyl (C=S) groups is 1. The quantitative estimate of drug-likeness (QED) is 0.577. The van der Waals surface area contributed by atoms with E-state index in [1.165, 1.54) is 6.07 Å². The van der Waals surface area contributed by atoms with E-state index >= 15 is 0 Å². The van der Waals surface area contributed by atoms with E-state index in [1.807, 2.05) is 35.7 Å². The first-order valence-corrected chi connectivity index (χ1v) is 9.67. The van der Waals surface area contributed by atoms with Crippen molar-refractivity contribution in [2.24, 2.45) is 0 Å². The maximum Gasteiger partial charge on any atom is 0.174 e. The molecule has 1 N–H and O–H groups in total. The van der Waals surface area contributed by atoms with Gasteiger partial charge in [-0.25, -0.2) is 4.39 Å². The van der Waals surface area contributed by atoms with Crippen LogP contribution in [0.1, 0.15) is 18.2 Å². The molecule has 0 amide bonds. The van der Waals surface area contributed by atoms with Gasteiger partial charge in [0, 0.05) is 31.4 Å². The zero-order chi connectivity index (χ0) is 19.4. The zero-order valence-electron chi connectivity index (χ0n) is 15.1. The van der Waals surface area contributed by atoms with Gasteiger partial charge < -0.3 is 10.2 Å². The van der Waals surface area contributed by atoms with Gasteiger partial charge in [0.2, 0.25) is 0 Å². The Morgan fingerprint density at radius 2 is 2.11 bits per heavy atom. The van der Waals surface area contributed by atoms with Crippen LogP contribution in [0, 0.1) is 5.82 Å². The minimum absolute atomic E-state index is 0.240. The third kappa shape index (κ3) is 4.72. The average Bonchev–Trinajstić information content (AvgIpc) is 3.23. The molecular formula is C18H20BrFN6S. The molecule has 27 heavy (non-hydrogen) atoms. The summed E-state index contributed by atoms with van der Waals surface area (Å²) in [6, 6.07) is 8.49. The molecule has 2 heterocycles. The highest BCUT2D eigenvalue weighted by molar-refractivity contribution is 9.10. The molecule has 0 aliphatic heterocycles. The lowest BCUT2D eigenvalue weighted by Crippen LogP contribution is -2.31. The summed E-state index contributed by atoms with van der Waals surface area (Å²) in [5.41, 5.74) is 1.64.